The molecule has 2 rings (SSSR count). The molecule has 0 amide bonds. The number of aldehydes is 1. The van der Waals surface area contributed by atoms with Gasteiger partial charge < -0.3 is 14.4 Å². The van der Waals surface area contributed by atoms with E-state index < -0.39 is 0 Å². The molecule has 0 atom stereocenters. The summed E-state index contributed by atoms with van der Waals surface area (Å²) < 4.78 is 5.26. The normalized spacial score (nSPS) is 16.4. The number of morpholine rings is 1. The maximum absolute atomic E-state index is 10.4. The third kappa shape index (κ3) is 2.50. The van der Waals surface area contributed by atoms with Gasteiger partial charge >= 0.3 is 0 Å². The molecule has 1 saturated heterocycles. The monoisotopic (exact) mass is 207 g/mol. The van der Waals surface area contributed by atoms with Gasteiger partial charge in [-0.05, 0) is 0 Å². The van der Waals surface area contributed by atoms with Crippen LogP contribution >= 0.6 is 0 Å². The Balaban J connectivity index is 2.12. The largest absolute Gasteiger partial charge is 0.378 e. The van der Waals surface area contributed by atoms with Gasteiger partial charge in [0.2, 0.25) is 0 Å². The molecule has 0 aromatic carbocycles. The van der Waals surface area contributed by atoms with Crippen LogP contribution in [0.2, 0.25) is 0 Å². The molecule has 0 aliphatic carbocycles. The Morgan fingerprint density at radius 2 is 2.20 bits per heavy atom. The summed E-state index contributed by atoms with van der Waals surface area (Å²) in [4.78, 5) is 20.7. The zero-order chi connectivity index (χ0) is 10.5. The summed E-state index contributed by atoms with van der Waals surface area (Å²) in [5.41, 5.74) is 0.765. The molecule has 5 nitrogen and oxygen atoms in total. The van der Waals surface area contributed by atoms with Gasteiger partial charge in [-0.15, -0.1) is 0 Å². The van der Waals surface area contributed by atoms with Crippen LogP contribution in [0.4, 0.5) is 5.82 Å². The quantitative estimate of drug-likeness (QED) is 0.656. The van der Waals surface area contributed by atoms with Crippen LogP contribution in [0, 0.1) is 0 Å². The fraction of sp³-hybridized carbons (Fsp3) is 0.500. The van der Waals surface area contributed by atoms with Crippen molar-refractivity contribution in [2.75, 3.05) is 31.2 Å². The lowest BCUT2D eigenvalue weighted by molar-refractivity contribution is -0.107. The van der Waals surface area contributed by atoms with E-state index in [1.807, 2.05) is 6.07 Å². The SMILES string of the molecule is O=CCc1cc(N2CCOCC2)ncn1. The number of hydrogen-bond acceptors (Lipinski definition) is 5. The second-order valence-electron chi connectivity index (χ2n) is 3.34. The average molecular weight is 207 g/mol. The molecule has 0 bridgehead atoms. The standard InChI is InChI=1S/C10H13N3O2/c14-4-1-9-7-10(12-8-11-9)13-2-5-15-6-3-13/h4,7-8H,1-3,5-6H2. The van der Waals surface area contributed by atoms with Crippen LogP contribution in [0.25, 0.3) is 0 Å². The summed E-state index contributed by atoms with van der Waals surface area (Å²) in [5.74, 6) is 0.880. The van der Waals surface area contributed by atoms with Gasteiger partial charge in [0, 0.05) is 25.6 Å². The third-order valence-corrected chi connectivity index (χ3v) is 2.34. The molecule has 1 aliphatic rings. The van der Waals surface area contributed by atoms with Gasteiger partial charge in [0.1, 0.15) is 18.4 Å². The molecule has 0 unspecified atom stereocenters. The van der Waals surface area contributed by atoms with Crippen molar-refractivity contribution < 1.29 is 9.53 Å². The first-order chi connectivity index (χ1) is 7.40. The first-order valence-corrected chi connectivity index (χ1v) is 4.97. The molecule has 0 spiro atoms. The number of hydrogen-bond donors (Lipinski definition) is 0. The molecule has 1 aliphatic heterocycles. The molecule has 1 aromatic heterocycles. The van der Waals surface area contributed by atoms with E-state index in [-0.39, 0.29) is 0 Å². The Morgan fingerprint density at radius 1 is 1.40 bits per heavy atom. The minimum atomic E-state index is 0.347. The summed E-state index contributed by atoms with van der Waals surface area (Å²) in [6.45, 7) is 3.15. The third-order valence-electron chi connectivity index (χ3n) is 2.34. The molecular formula is C10H13N3O2. The van der Waals surface area contributed by atoms with Crippen LogP contribution in [-0.4, -0.2) is 42.6 Å². The number of rotatable bonds is 3. The number of nitrogens with zero attached hydrogens (tertiary/aromatic N) is 3. The molecule has 15 heavy (non-hydrogen) atoms. The van der Waals surface area contributed by atoms with E-state index >= 15 is 0 Å². The van der Waals surface area contributed by atoms with Crippen molar-refractivity contribution >= 4 is 12.1 Å². The smallest absolute Gasteiger partial charge is 0.132 e. The average Bonchev–Trinajstić information content (AvgIpc) is 2.31. The van der Waals surface area contributed by atoms with Crippen molar-refractivity contribution in [3.63, 3.8) is 0 Å². The number of aromatic nitrogens is 2. The van der Waals surface area contributed by atoms with Gasteiger partial charge in [0.25, 0.3) is 0 Å². The highest BCUT2D eigenvalue weighted by Crippen LogP contribution is 2.12. The minimum absolute atomic E-state index is 0.347. The van der Waals surface area contributed by atoms with E-state index in [0.29, 0.717) is 6.42 Å². The van der Waals surface area contributed by atoms with Crippen LogP contribution in [0.5, 0.6) is 0 Å². The van der Waals surface area contributed by atoms with Crippen LogP contribution in [0.1, 0.15) is 5.69 Å². The van der Waals surface area contributed by atoms with Crippen molar-refractivity contribution in [1.82, 2.24) is 9.97 Å². The predicted molar refractivity (Wildman–Crippen MR) is 54.8 cm³/mol. The highest BCUT2D eigenvalue weighted by molar-refractivity contribution is 5.55. The second kappa shape index (κ2) is 4.84. The van der Waals surface area contributed by atoms with Gasteiger partial charge in [-0.1, -0.05) is 0 Å². The number of carbonyl (C=O) groups is 1. The van der Waals surface area contributed by atoms with Crippen LogP contribution in [0.3, 0.4) is 0 Å². The number of ether oxygens (including phenoxy) is 1. The Labute approximate surface area is 88.1 Å². The van der Waals surface area contributed by atoms with Gasteiger partial charge in [0.05, 0.1) is 18.9 Å². The van der Waals surface area contributed by atoms with Gasteiger partial charge in [-0.2, -0.15) is 0 Å². The van der Waals surface area contributed by atoms with Crippen molar-refractivity contribution in [3.05, 3.63) is 18.1 Å². The number of anilines is 1. The zero-order valence-electron chi connectivity index (χ0n) is 8.43. The molecule has 0 radical (unpaired) electrons. The maximum Gasteiger partial charge on any atom is 0.132 e. The lowest BCUT2D eigenvalue weighted by atomic mass is 10.3. The summed E-state index contributed by atoms with van der Waals surface area (Å²) >= 11 is 0. The maximum atomic E-state index is 10.4. The van der Waals surface area contributed by atoms with E-state index in [9.17, 15) is 4.79 Å². The van der Waals surface area contributed by atoms with E-state index in [4.69, 9.17) is 4.74 Å². The van der Waals surface area contributed by atoms with Crippen LogP contribution < -0.4 is 4.90 Å². The Kier molecular flexibility index (Phi) is 3.24. The Hall–Kier alpha value is -1.49. The molecule has 1 fully saturated rings. The lowest BCUT2D eigenvalue weighted by Gasteiger charge is -2.27. The van der Waals surface area contributed by atoms with Gasteiger partial charge in [0.15, 0.2) is 0 Å². The minimum Gasteiger partial charge on any atom is -0.378 e. The number of carbonyl (C=O) groups excluding carboxylic acids is 1. The molecule has 0 N–H and O–H groups in total. The second-order valence-corrected chi connectivity index (χ2v) is 3.34. The van der Waals surface area contributed by atoms with Crippen molar-refractivity contribution in [1.29, 1.82) is 0 Å². The lowest BCUT2D eigenvalue weighted by Crippen LogP contribution is -2.36. The summed E-state index contributed by atoms with van der Waals surface area (Å²) in [5, 5.41) is 0. The van der Waals surface area contributed by atoms with Crippen LogP contribution in [-0.2, 0) is 16.0 Å². The first-order valence-electron chi connectivity index (χ1n) is 4.97. The molecular weight excluding hydrogens is 194 g/mol. The van der Waals surface area contributed by atoms with Crippen molar-refractivity contribution in [2.24, 2.45) is 0 Å². The Morgan fingerprint density at radius 3 is 2.93 bits per heavy atom. The fourth-order valence-electron chi connectivity index (χ4n) is 1.55. The molecule has 80 valence electrons. The molecule has 0 saturated carbocycles. The highest BCUT2D eigenvalue weighted by atomic mass is 16.5. The fourth-order valence-corrected chi connectivity index (χ4v) is 1.55. The summed E-state index contributed by atoms with van der Waals surface area (Å²) in [7, 11) is 0. The Bertz CT molecular complexity index is 337. The van der Waals surface area contributed by atoms with E-state index in [2.05, 4.69) is 14.9 Å². The van der Waals surface area contributed by atoms with Gasteiger partial charge in [-0.25, -0.2) is 9.97 Å². The van der Waals surface area contributed by atoms with Gasteiger partial charge in [-0.3, -0.25) is 0 Å². The zero-order valence-corrected chi connectivity index (χ0v) is 8.43. The van der Waals surface area contributed by atoms with E-state index in [0.717, 1.165) is 44.1 Å². The van der Waals surface area contributed by atoms with Crippen LogP contribution in [0.15, 0.2) is 12.4 Å². The van der Waals surface area contributed by atoms with Crippen molar-refractivity contribution in [2.45, 2.75) is 6.42 Å². The molecule has 2 heterocycles. The highest BCUT2D eigenvalue weighted by Gasteiger charge is 2.12. The molecule has 1 aromatic rings. The van der Waals surface area contributed by atoms with Crippen molar-refractivity contribution in [3.8, 4) is 0 Å². The topological polar surface area (TPSA) is 55.3 Å². The predicted octanol–water partition coefficient (Wildman–Crippen LogP) is 0.0546. The molecule has 5 heteroatoms. The summed E-state index contributed by atoms with van der Waals surface area (Å²) in [6, 6.07) is 1.86. The van der Waals surface area contributed by atoms with E-state index in [1.165, 1.54) is 6.33 Å². The first kappa shape index (κ1) is 10.0. The van der Waals surface area contributed by atoms with E-state index in [1.54, 1.807) is 0 Å². The summed E-state index contributed by atoms with van der Waals surface area (Å²) in [6.07, 6.45) is 2.70.